The van der Waals surface area contributed by atoms with Crippen LogP contribution in [0.5, 0.6) is 11.5 Å². The number of benzene rings is 2. The topological polar surface area (TPSA) is 76.2 Å². The molecule has 0 saturated carbocycles. The van der Waals surface area contributed by atoms with Crippen molar-refractivity contribution in [3.8, 4) is 17.6 Å². The van der Waals surface area contributed by atoms with E-state index in [1.807, 2.05) is 6.07 Å². The van der Waals surface area contributed by atoms with Gasteiger partial charge in [0.15, 0.2) is 0 Å². The predicted octanol–water partition coefficient (Wildman–Crippen LogP) is 3.88. The third-order valence-corrected chi connectivity index (χ3v) is 2.93. The molecule has 5 nitrogen and oxygen atoms in total. The Morgan fingerprint density at radius 1 is 1.15 bits per heavy atom. The van der Waals surface area contributed by atoms with Crippen molar-refractivity contribution in [2.24, 2.45) is 0 Å². The molecule has 0 aromatic heterocycles. The molecule has 2 aromatic rings. The zero-order valence-electron chi connectivity index (χ0n) is 11.1. The lowest BCUT2D eigenvalue weighted by Gasteiger charge is -2.11. The van der Waals surface area contributed by atoms with E-state index in [2.05, 4.69) is 0 Å². The van der Waals surface area contributed by atoms with Crippen LogP contribution < -0.4 is 4.74 Å². The fraction of sp³-hybridized carbons (Fsp3) is 0.133. The highest BCUT2D eigenvalue weighted by molar-refractivity contribution is 5.56. The molecule has 0 spiro atoms. The van der Waals surface area contributed by atoms with Gasteiger partial charge in [0.1, 0.15) is 11.8 Å². The van der Waals surface area contributed by atoms with Crippen LogP contribution in [0.4, 0.5) is 5.69 Å². The van der Waals surface area contributed by atoms with Crippen LogP contribution in [0.2, 0.25) is 0 Å². The first kappa shape index (κ1) is 13.6. The second kappa shape index (κ2) is 5.41. The highest BCUT2D eigenvalue weighted by atomic mass is 16.6. The fourth-order valence-electron chi connectivity index (χ4n) is 1.93. The number of ether oxygens (including phenoxy) is 1. The van der Waals surface area contributed by atoms with Crippen LogP contribution in [-0.2, 0) is 0 Å². The second-order valence-corrected chi connectivity index (χ2v) is 4.34. The van der Waals surface area contributed by atoms with Gasteiger partial charge in [-0.3, -0.25) is 10.1 Å². The molecule has 0 aliphatic heterocycles. The Labute approximate surface area is 116 Å². The van der Waals surface area contributed by atoms with Crippen LogP contribution in [0, 0.1) is 35.3 Å². The van der Waals surface area contributed by atoms with E-state index in [9.17, 15) is 10.1 Å². The monoisotopic (exact) mass is 268 g/mol. The summed E-state index contributed by atoms with van der Waals surface area (Å²) in [4.78, 5) is 10.7. The van der Waals surface area contributed by atoms with Gasteiger partial charge < -0.3 is 4.74 Å². The molecule has 5 heteroatoms. The molecule has 0 atom stereocenters. The Bertz CT molecular complexity index is 718. The molecular formula is C15H12N2O3. The summed E-state index contributed by atoms with van der Waals surface area (Å²) in [6.45, 7) is 3.44. The van der Waals surface area contributed by atoms with E-state index in [1.165, 1.54) is 6.07 Å². The van der Waals surface area contributed by atoms with Crippen LogP contribution in [0.1, 0.15) is 16.7 Å². The summed E-state index contributed by atoms with van der Waals surface area (Å²) in [6, 6.07) is 12.0. The van der Waals surface area contributed by atoms with Gasteiger partial charge in [0.2, 0.25) is 5.75 Å². The van der Waals surface area contributed by atoms with E-state index in [0.29, 0.717) is 16.9 Å². The molecule has 0 unspecified atom stereocenters. The Kier molecular flexibility index (Phi) is 3.67. The van der Waals surface area contributed by atoms with Crippen LogP contribution >= 0.6 is 0 Å². The van der Waals surface area contributed by atoms with Crippen LogP contribution in [-0.4, -0.2) is 4.92 Å². The van der Waals surface area contributed by atoms with Gasteiger partial charge >= 0.3 is 5.69 Å². The molecular weight excluding hydrogens is 256 g/mol. The molecule has 2 rings (SSSR count). The first-order valence-corrected chi connectivity index (χ1v) is 5.96. The molecule has 0 amide bonds. The summed E-state index contributed by atoms with van der Waals surface area (Å²) in [5.74, 6) is 0.490. The summed E-state index contributed by atoms with van der Waals surface area (Å²) >= 11 is 0. The smallest absolute Gasteiger partial charge is 0.314 e. The van der Waals surface area contributed by atoms with E-state index in [1.54, 1.807) is 44.2 Å². The molecule has 0 radical (unpaired) electrons. The number of nitrogens with zero attached hydrogens (tertiary/aromatic N) is 2. The van der Waals surface area contributed by atoms with Gasteiger partial charge in [-0.15, -0.1) is 0 Å². The fourth-order valence-corrected chi connectivity index (χ4v) is 1.93. The minimum Gasteiger partial charge on any atom is -0.448 e. The SMILES string of the molecule is Cc1cccc(C#N)c1Oc1cccc(C)c1[N+](=O)[O-]. The summed E-state index contributed by atoms with van der Waals surface area (Å²) in [5, 5.41) is 20.2. The average molecular weight is 268 g/mol. The molecule has 20 heavy (non-hydrogen) atoms. The van der Waals surface area contributed by atoms with Gasteiger partial charge in [0.05, 0.1) is 10.5 Å². The van der Waals surface area contributed by atoms with Crippen molar-refractivity contribution >= 4 is 5.69 Å². The van der Waals surface area contributed by atoms with E-state index in [4.69, 9.17) is 10.00 Å². The molecule has 0 aliphatic carbocycles. The average Bonchev–Trinajstić information content (AvgIpc) is 2.40. The highest BCUT2D eigenvalue weighted by Gasteiger charge is 2.20. The summed E-state index contributed by atoms with van der Waals surface area (Å²) in [7, 11) is 0. The minimum absolute atomic E-state index is 0.0837. The molecule has 0 heterocycles. The predicted molar refractivity (Wildman–Crippen MR) is 73.8 cm³/mol. The zero-order valence-corrected chi connectivity index (χ0v) is 11.1. The van der Waals surface area contributed by atoms with Crippen molar-refractivity contribution < 1.29 is 9.66 Å². The van der Waals surface area contributed by atoms with E-state index in [-0.39, 0.29) is 11.4 Å². The van der Waals surface area contributed by atoms with Crippen LogP contribution in [0.15, 0.2) is 36.4 Å². The first-order valence-electron chi connectivity index (χ1n) is 5.96. The Morgan fingerprint density at radius 3 is 2.45 bits per heavy atom. The number of rotatable bonds is 3. The van der Waals surface area contributed by atoms with Crippen molar-refractivity contribution in [3.63, 3.8) is 0 Å². The lowest BCUT2D eigenvalue weighted by Crippen LogP contribution is -1.98. The normalized spacial score (nSPS) is 9.85. The van der Waals surface area contributed by atoms with Crippen LogP contribution in [0.3, 0.4) is 0 Å². The largest absolute Gasteiger partial charge is 0.448 e. The Morgan fingerprint density at radius 2 is 1.80 bits per heavy atom. The number of aryl methyl sites for hydroxylation is 2. The minimum atomic E-state index is -0.477. The van der Waals surface area contributed by atoms with Crippen molar-refractivity contribution in [2.75, 3.05) is 0 Å². The number of nitro benzene ring substituents is 1. The summed E-state index contributed by atoms with van der Waals surface area (Å²) in [5.41, 5.74) is 1.53. The number of hydrogen-bond donors (Lipinski definition) is 0. The molecule has 0 N–H and O–H groups in total. The zero-order chi connectivity index (χ0) is 14.7. The van der Waals surface area contributed by atoms with Gasteiger partial charge in [0, 0.05) is 5.56 Å². The van der Waals surface area contributed by atoms with Crippen molar-refractivity contribution in [1.29, 1.82) is 5.26 Å². The molecule has 0 aliphatic rings. The maximum absolute atomic E-state index is 11.1. The van der Waals surface area contributed by atoms with E-state index < -0.39 is 4.92 Å². The van der Waals surface area contributed by atoms with Crippen LogP contribution in [0.25, 0.3) is 0 Å². The van der Waals surface area contributed by atoms with Crippen molar-refractivity contribution in [3.05, 3.63) is 63.2 Å². The van der Waals surface area contributed by atoms with Crippen molar-refractivity contribution in [1.82, 2.24) is 0 Å². The first-order chi connectivity index (χ1) is 9.54. The maximum Gasteiger partial charge on any atom is 0.314 e. The number of nitro groups is 1. The summed E-state index contributed by atoms with van der Waals surface area (Å²) in [6.07, 6.45) is 0. The number of para-hydroxylation sites is 2. The highest BCUT2D eigenvalue weighted by Crippen LogP contribution is 2.36. The number of nitriles is 1. The second-order valence-electron chi connectivity index (χ2n) is 4.34. The van der Waals surface area contributed by atoms with E-state index in [0.717, 1.165) is 5.56 Å². The quantitative estimate of drug-likeness (QED) is 0.625. The molecule has 0 fully saturated rings. The summed E-state index contributed by atoms with van der Waals surface area (Å²) < 4.78 is 5.64. The van der Waals surface area contributed by atoms with E-state index >= 15 is 0 Å². The van der Waals surface area contributed by atoms with Gasteiger partial charge in [-0.1, -0.05) is 24.3 Å². The van der Waals surface area contributed by atoms with Gasteiger partial charge in [-0.05, 0) is 31.5 Å². The Balaban J connectivity index is 2.55. The lowest BCUT2D eigenvalue weighted by molar-refractivity contribution is -0.386. The van der Waals surface area contributed by atoms with Gasteiger partial charge in [0.25, 0.3) is 0 Å². The standard InChI is InChI=1S/C15H12N2O3/c1-10-5-4-8-13(14(10)17(18)19)20-15-11(2)6-3-7-12(15)9-16/h3-8H,1-2H3. The number of hydrogen-bond acceptors (Lipinski definition) is 4. The lowest BCUT2D eigenvalue weighted by atomic mass is 10.1. The molecule has 0 bridgehead atoms. The van der Waals surface area contributed by atoms with Gasteiger partial charge in [-0.2, -0.15) is 5.26 Å². The molecule has 100 valence electrons. The third-order valence-electron chi connectivity index (χ3n) is 2.93. The third kappa shape index (κ3) is 2.45. The molecule has 2 aromatic carbocycles. The van der Waals surface area contributed by atoms with Crippen molar-refractivity contribution in [2.45, 2.75) is 13.8 Å². The Hall–Kier alpha value is -2.87. The maximum atomic E-state index is 11.1. The van der Waals surface area contributed by atoms with Gasteiger partial charge in [-0.25, -0.2) is 0 Å². The molecule has 0 saturated heterocycles.